The molecule has 0 radical (unpaired) electrons. The molecule has 0 spiro atoms. The van der Waals surface area contributed by atoms with Crippen molar-refractivity contribution in [3.8, 4) is 17.6 Å². The molecule has 1 N–H and O–H groups in total. The molecule has 1 aliphatic heterocycles. The lowest BCUT2D eigenvalue weighted by Crippen LogP contribution is -2.29. The van der Waals surface area contributed by atoms with Crippen molar-refractivity contribution in [1.29, 1.82) is 0 Å². The average molecular weight is 558 g/mol. The fraction of sp³-hybridized carbons (Fsp3) is 0.448. The minimum Gasteiger partial charge on any atom is -0.494 e. The van der Waals surface area contributed by atoms with Gasteiger partial charge < -0.3 is 24.8 Å². The zero-order valence-corrected chi connectivity index (χ0v) is 24.3. The quantitative estimate of drug-likeness (QED) is 0.232. The van der Waals surface area contributed by atoms with E-state index in [1.165, 1.54) is 32.3 Å². The number of hydrogen-bond donors (Lipinski definition) is 1. The van der Waals surface area contributed by atoms with E-state index in [9.17, 15) is 10.1 Å². The van der Waals surface area contributed by atoms with Crippen molar-refractivity contribution < 1.29 is 9.66 Å². The highest BCUT2D eigenvalue weighted by Gasteiger charge is 2.39. The summed E-state index contributed by atoms with van der Waals surface area (Å²) in [5, 5.41) is 15.1. The molecule has 41 heavy (non-hydrogen) atoms. The van der Waals surface area contributed by atoms with Gasteiger partial charge in [0, 0.05) is 50.1 Å². The summed E-state index contributed by atoms with van der Waals surface area (Å²) in [7, 11) is 7.26. The van der Waals surface area contributed by atoms with E-state index in [1.54, 1.807) is 6.07 Å². The fourth-order valence-corrected chi connectivity index (χ4v) is 4.72. The Balaban J connectivity index is 1.43. The number of benzene rings is 1. The zero-order valence-electron chi connectivity index (χ0n) is 24.3. The van der Waals surface area contributed by atoms with Crippen LogP contribution in [0.4, 0.5) is 34.6 Å². The highest BCUT2D eigenvalue weighted by molar-refractivity contribution is 5.77. The van der Waals surface area contributed by atoms with Crippen molar-refractivity contribution in [2.24, 2.45) is 5.92 Å². The number of aromatic nitrogens is 4. The predicted molar refractivity (Wildman–Crippen MR) is 158 cm³/mol. The van der Waals surface area contributed by atoms with Crippen LogP contribution in [0.25, 0.3) is 0 Å². The number of nitro groups is 1. The van der Waals surface area contributed by atoms with Gasteiger partial charge in [0.2, 0.25) is 11.9 Å². The van der Waals surface area contributed by atoms with Crippen molar-refractivity contribution >= 4 is 34.6 Å². The summed E-state index contributed by atoms with van der Waals surface area (Å²) in [5.74, 6) is 8.12. The molecule has 3 aromatic rings. The molecule has 1 saturated carbocycles. The zero-order chi connectivity index (χ0) is 29.3. The number of methoxy groups -OCH3 is 1. The Labute approximate surface area is 239 Å². The molecule has 2 aromatic heterocycles. The summed E-state index contributed by atoms with van der Waals surface area (Å²) in [4.78, 5) is 35.7. The number of hydrogen-bond acceptors (Lipinski definition) is 11. The molecular formula is C29H35N9O3. The molecule has 0 atom stereocenters. The van der Waals surface area contributed by atoms with Crippen LogP contribution in [0.15, 0.2) is 30.6 Å². The molecule has 12 nitrogen and oxygen atoms in total. The lowest BCUT2D eigenvalue weighted by molar-refractivity contribution is -0.384. The summed E-state index contributed by atoms with van der Waals surface area (Å²) >= 11 is 0. The maximum Gasteiger partial charge on any atom is 0.294 e. The van der Waals surface area contributed by atoms with Gasteiger partial charge in [-0.1, -0.05) is 19.8 Å². The average Bonchev–Trinajstić information content (AvgIpc) is 3.73. The first-order valence-electron chi connectivity index (χ1n) is 13.5. The van der Waals surface area contributed by atoms with Crippen molar-refractivity contribution in [1.82, 2.24) is 24.8 Å². The second-order valence-electron chi connectivity index (χ2n) is 11.3. The van der Waals surface area contributed by atoms with E-state index < -0.39 is 4.92 Å². The van der Waals surface area contributed by atoms with E-state index in [4.69, 9.17) is 9.72 Å². The van der Waals surface area contributed by atoms with Crippen LogP contribution < -0.4 is 19.9 Å². The first-order valence-corrected chi connectivity index (χ1v) is 13.5. The first-order chi connectivity index (χ1) is 19.6. The number of ether oxygens (including phenoxy) is 1. The predicted octanol–water partition coefficient (Wildman–Crippen LogP) is 4.12. The number of nitrogens with one attached hydrogen (secondary N) is 1. The molecule has 2 aliphatic rings. The van der Waals surface area contributed by atoms with Gasteiger partial charge >= 0.3 is 0 Å². The Kier molecular flexibility index (Phi) is 7.64. The van der Waals surface area contributed by atoms with Crippen molar-refractivity contribution in [3.05, 3.63) is 52.1 Å². The number of nitrogens with zero attached hydrogens (tertiary/aromatic N) is 8. The standard InChI is InChI=1S/C29H35N9O3/c1-29(2)17-37(22-12-11-20(32-26(22)29)10-9-19-7-8-19)28-31-18-30-27(34-28)33-21-15-24(38(39)40)23(16-25(21)41-6)36(5)14-13-35(3)4/h11-12,15-16,18-19H,7-8,13-14,17H2,1-6H3,(H,30,31,33,34). The lowest BCUT2D eigenvalue weighted by Gasteiger charge is -2.23. The van der Waals surface area contributed by atoms with E-state index in [0.717, 1.165) is 23.6 Å². The maximum absolute atomic E-state index is 12.0. The van der Waals surface area contributed by atoms with Gasteiger partial charge in [0.25, 0.3) is 5.69 Å². The van der Waals surface area contributed by atoms with Gasteiger partial charge in [-0.05, 0) is 45.0 Å². The molecule has 5 rings (SSSR count). The maximum atomic E-state index is 12.0. The molecule has 1 aliphatic carbocycles. The molecule has 0 unspecified atom stereocenters. The molecule has 3 heterocycles. The van der Waals surface area contributed by atoms with Gasteiger partial charge in [-0.25, -0.2) is 15.0 Å². The summed E-state index contributed by atoms with van der Waals surface area (Å²) in [5.41, 5.74) is 3.18. The summed E-state index contributed by atoms with van der Waals surface area (Å²) in [6.45, 7) is 6.25. The highest BCUT2D eigenvalue weighted by Crippen LogP contribution is 2.43. The lowest BCUT2D eigenvalue weighted by atomic mass is 9.91. The molecule has 0 saturated heterocycles. The number of nitro benzene ring substituents is 1. The van der Waals surface area contributed by atoms with Crippen LogP contribution in [-0.4, -0.2) is 77.6 Å². The van der Waals surface area contributed by atoms with Crippen LogP contribution in [0.5, 0.6) is 5.75 Å². The van der Waals surface area contributed by atoms with Gasteiger partial charge in [0.1, 0.15) is 23.5 Å². The van der Waals surface area contributed by atoms with Crippen LogP contribution in [0.2, 0.25) is 0 Å². The second kappa shape index (κ2) is 11.2. The number of fused-ring (bicyclic) bond motifs is 1. The third-order valence-electron chi connectivity index (χ3n) is 7.18. The molecule has 0 amide bonds. The minimum absolute atomic E-state index is 0.0503. The van der Waals surface area contributed by atoms with Crippen molar-refractivity contribution in [2.45, 2.75) is 32.1 Å². The van der Waals surface area contributed by atoms with Crippen LogP contribution in [0, 0.1) is 27.9 Å². The molecule has 1 fully saturated rings. The van der Waals surface area contributed by atoms with Crippen LogP contribution in [0.3, 0.4) is 0 Å². The second-order valence-corrected chi connectivity index (χ2v) is 11.3. The monoisotopic (exact) mass is 557 g/mol. The van der Waals surface area contributed by atoms with Crippen LogP contribution in [-0.2, 0) is 5.41 Å². The largest absolute Gasteiger partial charge is 0.494 e. The van der Waals surface area contributed by atoms with Crippen molar-refractivity contribution in [3.63, 3.8) is 0 Å². The number of likely N-dealkylation sites (N-methyl/N-ethyl adjacent to an activating group) is 2. The van der Waals surface area contributed by atoms with Crippen molar-refractivity contribution in [2.75, 3.05) is 63.0 Å². The summed E-state index contributed by atoms with van der Waals surface area (Å²) in [6, 6.07) is 7.06. The normalized spacial score (nSPS) is 15.2. The SMILES string of the molecule is COc1cc(N(C)CCN(C)C)c([N+](=O)[O-])cc1Nc1ncnc(N2CC(C)(C)c3nc(C#CC4CC4)ccc32)n1. The molecular weight excluding hydrogens is 522 g/mol. The van der Waals surface area contributed by atoms with E-state index in [-0.39, 0.29) is 17.1 Å². The first kappa shape index (κ1) is 28.0. The third-order valence-corrected chi connectivity index (χ3v) is 7.18. The Morgan fingerprint density at radius 3 is 2.63 bits per heavy atom. The van der Waals surface area contributed by atoms with E-state index >= 15 is 0 Å². The minimum atomic E-state index is -0.398. The number of rotatable bonds is 9. The van der Waals surface area contributed by atoms with Gasteiger partial charge in [-0.15, -0.1) is 0 Å². The fourth-order valence-electron chi connectivity index (χ4n) is 4.72. The Morgan fingerprint density at radius 1 is 1.17 bits per heavy atom. The van der Waals surface area contributed by atoms with E-state index in [1.807, 2.05) is 48.0 Å². The number of anilines is 5. The Morgan fingerprint density at radius 2 is 1.95 bits per heavy atom. The molecule has 12 heteroatoms. The summed E-state index contributed by atoms with van der Waals surface area (Å²) < 4.78 is 5.60. The molecule has 1 aromatic carbocycles. The smallest absolute Gasteiger partial charge is 0.294 e. The van der Waals surface area contributed by atoms with Gasteiger partial charge in [-0.3, -0.25) is 10.1 Å². The molecule has 0 bridgehead atoms. The van der Waals surface area contributed by atoms with Crippen LogP contribution >= 0.6 is 0 Å². The van der Waals surface area contributed by atoms with E-state index in [2.05, 4.69) is 46.0 Å². The van der Waals surface area contributed by atoms with Crippen LogP contribution in [0.1, 0.15) is 38.1 Å². The van der Waals surface area contributed by atoms with Gasteiger partial charge in [-0.2, -0.15) is 4.98 Å². The molecule has 214 valence electrons. The van der Waals surface area contributed by atoms with Gasteiger partial charge in [0.05, 0.1) is 29.1 Å². The topological polar surface area (TPSA) is 126 Å². The Bertz CT molecular complexity index is 1530. The summed E-state index contributed by atoms with van der Waals surface area (Å²) in [6.07, 6.45) is 3.76. The highest BCUT2D eigenvalue weighted by atomic mass is 16.6. The van der Waals surface area contributed by atoms with E-state index in [0.29, 0.717) is 42.1 Å². The third kappa shape index (κ3) is 6.15. The number of pyridine rings is 1. The van der Waals surface area contributed by atoms with Gasteiger partial charge in [0.15, 0.2) is 0 Å². The Hall–Kier alpha value is -4.50.